The number of aliphatic hydroxyl groups excluding tert-OH is 1. The third kappa shape index (κ3) is 67.9. The zero-order valence-corrected chi connectivity index (χ0v) is 64.8. The van der Waals surface area contributed by atoms with Gasteiger partial charge >= 0.3 is 39.5 Å². The SMILES string of the molecule is CCC(C)CCCCCCCCCCCCCCCCCCCCC(=O)O[C@H](COC(=O)CCCCCCCCC(C)CC)COP(=O)(O)OC[C@H](O)COP(=O)(O)OC[C@@H](COC(=O)CCCCCCCCCCCCC(C)C)OC(=O)CCCCCCCCCCC(C)C. The van der Waals surface area contributed by atoms with Gasteiger partial charge < -0.3 is 33.8 Å². The number of ether oxygens (including phenoxy) is 4. The van der Waals surface area contributed by atoms with Crippen molar-refractivity contribution in [1.82, 2.24) is 0 Å². The van der Waals surface area contributed by atoms with Crippen molar-refractivity contribution in [3.63, 3.8) is 0 Å². The zero-order valence-electron chi connectivity index (χ0n) is 63.0. The molecule has 0 rings (SSSR count). The zero-order chi connectivity index (χ0) is 71.0. The maximum absolute atomic E-state index is 13.1. The number of unbranched alkanes of at least 4 members (excludes halogenated alkanes) is 38. The quantitative estimate of drug-likeness (QED) is 0.0222. The Kier molecular flexibility index (Phi) is 65.0. The second-order valence-corrected chi connectivity index (χ2v) is 32.1. The number of esters is 4. The number of aliphatic hydroxyl groups is 1. The van der Waals surface area contributed by atoms with E-state index in [0.717, 1.165) is 120 Å². The molecule has 0 spiro atoms. The minimum atomic E-state index is -4.96. The molecule has 0 aromatic heterocycles. The van der Waals surface area contributed by atoms with Crippen molar-refractivity contribution in [2.24, 2.45) is 23.7 Å². The summed E-state index contributed by atoms with van der Waals surface area (Å²) in [6, 6.07) is 0. The smallest absolute Gasteiger partial charge is 0.462 e. The largest absolute Gasteiger partial charge is 0.472 e. The van der Waals surface area contributed by atoms with Crippen LogP contribution in [0.3, 0.4) is 0 Å². The molecule has 17 nitrogen and oxygen atoms in total. The van der Waals surface area contributed by atoms with Crippen LogP contribution in [0.15, 0.2) is 0 Å². The van der Waals surface area contributed by atoms with E-state index >= 15 is 0 Å². The third-order valence-corrected chi connectivity index (χ3v) is 20.4. The van der Waals surface area contributed by atoms with E-state index in [2.05, 4.69) is 55.4 Å². The van der Waals surface area contributed by atoms with Crippen molar-refractivity contribution in [3.05, 3.63) is 0 Å². The molecule has 0 saturated heterocycles. The molecule has 570 valence electrons. The Bertz CT molecular complexity index is 1890. The Labute approximate surface area is 588 Å². The van der Waals surface area contributed by atoms with Crippen LogP contribution in [0, 0.1) is 23.7 Å². The highest BCUT2D eigenvalue weighted by Gasteiger charge is 2.30. The Hall–Kier alpha value is -1.94. The first-order valence-electron chi connectivity index (χ1n) is 39.8. The van der Waals surface area contributed by atoms with Gasteiger partial charge in [-0.25, -0.2) is 9.13 Å². The number of carbonyl (C=O) groups is 4. The van der Waals surface area contributed by atoms with Crippen LogP contribution < -0.4 is 0 Å². The molecule has 0 aliphatic heterocycles. The van der Waals surface area contributed by atoms with Gasteiger partial charge in [0.15, 0.2) is 12.2 Å². The third-order valence-electron chi connectivity index (χ3n) is 18.5. The number of rotatable bonds is 74. The summed E-state index contributed by atoms with van der Waals surface area (Å²) in [4.78, 5) is 72.8. The molecular formula is C77H150O17P2. The molecule has 0 fully saturated rings. The van der Waals surface area contributed by atoms with E-state index in [4.69, 9.17) is 37.0 Å². The Morgan fingerprint density at radius 3 is 0.740 bits per heavy atom. The van der Waals surface area contributed by atoms with E-state index in [0.29, 0.717) is 25.7 Å². The predicted octanol–water partition coefficient (Wildman–Crippen LogP) is 22.4. The lowest BCUT2D eigenvalue weighted by atomic mass is 9.99. The van der Waals surface area contributed by atoms with Gasteiger partial charge in [-0.3, -0.25) is 37.3 Å². The number of hydrogen-bond acceptors (Lipinski definition) is 15. The van der Waals surface area contributed by atoms with Gasteiger partial charge in [0, 0.05) is 25.7 Å². The fraction of sp³-hybridized carbons (Fsp3) is 0.948. The van der Waals surface area contributed by atoms with E-state index in [9.17, 15) is 43.2 Å². The fourth-order valence-corrected chi connectivity index (χ4v) is 13.2. The maximum atomic E-state index is 13.1. The van der Waals surface area contributed by atoms with Gasteiger partial charge in [0.25, 0.3) is 0 Å². The van der Waals surface area contributed by atoms with Crippen molar-refractivity contribution in [1.29, 1.82) is 0 Å². The molecule has 7 atom stereocenters. The first-order valence-corrected chi connectivity index (χ1v) is 42.8. The lowest BCUT2D eigenvalue weighted by molar-refractivity contribution is -0.161. The van der Waals surface area contributed by atoms with Crippen LogP contribution in [0.2, 0.25) is 0 Å². The highest BCUT2D eigenvalue weighted by molar-refractivity contribution is 7.47. The van der Waals surface area contributed by atoms with Crippen molar-refractivity contribution in [3.8, 4) is 0 Å². The number of hydrogen-bond donors (Lipinski definition) is 3. The minimum absolute atomic E-state index is 0.104. The van der Waals surface area contributed by atoms with E-state index in [1.54, 1.807) is 0 Å². The molecule has 4 unspecified atom stereocenters. The monoisotopic (exact) mass is 1410 g/mol. The van der Waals surface area contributed by atoms with Crippen molar-refractivity contribution < 1.29 is 80.2 Å². The summed E-state index contributed by atoms with van der Waals surface area (Å²) in [6.07, 6.45) is 51.5. The summed E-state index contributed by atoms with van der Waals surface area (Å²) in [7, 11) is -9.91. The average molecular weight is 1410 g/mol. The van der Waals surface area contributed by atoms with Crippen molar-refractivity contribution >= 4 is 39.5 Å². The summed E-state index contributed by atoms with van der Waals surface area (Å²) < 4.78 is 68.5. The molecule has 0 heterocycles. The molecule has 0 aliphatic rings. The molecule has 3 N–H and O–H groups in total. The number of phosphoric acid groups is 2. The predicted molar refractivity (Wildman–Crippen MR) is 391 cm³/mol. The highest BCUT2D eigenvalue weighted by Crippen LogP contribution is 2.45. The highest BCUT2D eigenvalue weighted by atomic mass is 31.2. The first kappa shape index (κ1) is 94.1. The van der Waals surface area contributed by atoms with Crippen LogP contribution in [-0.2, 0) is 65.4 Å². The van der Waals surface area contributed by atoms with E-state index in [1.807, 2.05) is 0 Å². The van der Waals surface area contributed by atoms with E-state index in [-0.39, 0.29) is 25.7 Å². The molecule has 0 amide bonds. The minimum Gasteiger partial charge on any atom is -0.462 e. The topological polar surface area (TPSA) is 237 Å². The standard InChI is InChI=1S/C77H150O17P2/c1-9-69(7)55-47-39-31-24-19-17-15-13-11-12-14-16-18-20-26-33-43-51-59-76(81)93-73(64-88-75(80)58-50-42-36-35-40-48-56-70(8)10-2)66-92-96(85,86)90-62-71(78)61-89-95(83,84)91-65-72(94-77(82)60-52-44-34-28-27-30-38-46-54-68(5)6)63-87-74(79)57-49-41-32-25-22-21-23-29-37-45-53-67(3)4/h67-73,78H,9-66H2,1-8H3,(H,83,84)(H,85,86)/t69?,70?,71-,72-,73-/m1/s1. The summed E-state index contributed by atoms with van der Waals surface area (Å²) >= 11 is 0. The van der Waals surface area contributed by atoms with Gasteiger partial charge in [-0.2, -0.15) is 0 Å². The Morgan fingerprint density at radius 1 is 0.292 bits per heavy atom. The van der Waals surface area contributed by atoms with E-state index < -0.39 is 97.5 Å². The molecule has 0 saturated carbocycles. The normalized spacial score (nSPS) is 14.7. The summed E-state index contributed by atoms with van der Waals surface area (Å²) in [5.41, 5.74) is 0. The summed E-state index contributed by atoms with van der Waals surface area (Å²) in [5.74, 6) is 0.955. The van der Waals surface area contributed by atoms with Crippen LogP contribution in [0.1, 0.15) is 389 Å². The van der Waals surface area contributed by atoms with Gasteiger partial charge in [-0.05, 0) is 49.4 Å². The maximum Gasteiger partial charge on any atom is 0.472 e. The van der Waals surface area contributed by atoms with Gasteiger partial charge in [-0.1, -0.05) is 338 Å². The Balaban J connectivity index is 5.17. The lowest BCUT2D eigenvalue weighted by Crippen LogP contribution is -2.30. The molecular weight excluding hydrogens is 1260 g/mol. The van der Waals surface area contributed by atoms with Crippen molar-refractivity contribution in [2.75, 3.05) is 39.6 Å². The average Bonchev–Trinajstić information content (AvgIpc) is 2.05. The number of carbonyl (C=O) groups excluding carboxylic acids is 4. The lowest BCUT2D eigenvalue weighted by Gasteiger charge is -2.21. The van der Waals surface area contributed by atoms with Crippen LogP contribution >= 0.6 is 15.6 Å². The summed E-state index contributed by atoms with van der Waals surface area (Å²) in [5, 5.41) is 10.6. The van der Waals surface area contributed by atoms with Gasteiger partial charge in [0.05, 0.1) is 26.4 Å². The molecule has 0 aliphatic carbocycles. The summed E-state index contributed by atoms with van der Waals surface area (Å²) in [6.45, 7) is 14.2. The Morgan fingerprint density at radius 2 is 0.500 bits per heavy atom. The molecule has 96 heavy (non-hydrogen) atoms. The molecule has 19 heteroatoms. The van der Waals surface area contributed by atoms with Crippen LogP contribution in [0.25, 0.3) is 0 Å². The van der Waals surface area contributed by atoms with Crippen LogP contribution in [0.4, 0.5) is 0 Å². The van der Waals surface area contributed by atoms with E-state index in [1.165, 1.54) is 186 Å². The fourth-order valence-electron chi connectivity index (χ4n) is 11.7. The molecule has 0 bridgehead atoms. The van der Waals surface area contributed by atoms with Gasteiger partial charge in [-0.15, -0.1) is 0 Å². The second kappa shape index (κ2) is 66.3. The number of phosphoric ester groups is 2. The first-order chi connectivity index (χ1) is 46.2. The molecule has 0 radical (unpaired) electrons. The second-order valence-electron chi connectivity index (χ2n) is 29.2. The van der Waals surface area contributed by atoms with Gasteiger partial charge in [0.2, 0.25) is 0 Å². The van der Waals surface area contributed by atoms with Crippen molar-refractivity contribution in [2.45, 2.75) is 408 Å². The van der Waals surface area contributed by atoms with Crippen LogP contribution in [0.5, 0.6) is 0 Å². The van der Waals surface area contributed by atoms with Gasteiger partial charge in [0.1, 0.15) is 19.3 Å². The van der Waals surface area contributed by atoms with Crippen LogP contribution in [-0.4, -0.2) is 96.7 Å². The molecule has 0 aromatic carbocycles. The molecule has 0 aromatic rings.